The summed E-state index contributed by atoms with van der Waals surface area (Å²) in [6.45, 7) is 8.87. The first kappa shape index (κ1) is 25.3. The van der Waals surface area contributed by atoms with Crippen LogP contribution in [0, 0.1) is 29.1 Å². The molecule has 8 atom stereocenters. The summed E-state index contributed by atoms with van der Waals surface area (Å²) < 4.78 is 0.00247. The van der Waals surface area contributed by atoms with Crippen molar-refractivity contribution in [2.75, 3.05) is 13.2 Å². The van der Waals surface area contributed by atoms with Crippen molar-refractivity contribution in [2.45, 2.75) is 72.7 Å². The fraction of sp³-hybridized carbons (Fsp3) is 0.792. The molecule has 8 heteroatoms. The predicted octanol–water partition coefficient (Wildman–Crippen LogP) is 3.60. The summed E-state index contributed by atoms with van der Waals surface area (Å²) >= 11 is 4.85. The third-order valence-corrected chi connectivity index (χ3v) is 10.0. The van der Waals surface area contributed by atoms with Gasteiger partial charge >= 0.3 is 0 Å². The van der Waals surface area contributed by atoms with Crippen LogP contribution in [0.3, 0.4) is 0 Å². The van der Waals surface area contributed by atoms with Gasteiger partial charge in [0.2, 0.25) is 5.91 Å². The van der Waals surface area contributed by atoms with Gasteiger partial charge in [0.25, 0.3) is 0 Å². The first-order valence-electron chi connectivity index (χ1n) is 11.7. The number of nitrogens with one attached hydrogen (secondary N) is 1. The van der Waals surface area contributed by atoms with Gasteiger partial charge in [0.05, 0.1) is 14.1 Å². The van der Waals surface area contributed by atoms with E-state index in [0.29, 0.717) is 29.7 Å². The van der Waals surface area contributed by atoms with Crippen LogP contribution in [0.15, 0.2) is 23.8 Å². The van der Waals surface area contributed by atoms with E-state index in [1.54, 1.807) is 12.0 Å². The van der Waals surface area contributed by atoms with E-state index in [4.69, 9.17) is 4.84 Å². The Morgan fingerprint density at radius 2 is 2.09 bits per heavy atom. The molecular weight excluding hydrogens is 634 g/mol. The summed E-state index contributed by atoms with van der Waals surface area (Å²) in [5.41, 5.74) is 1.44. The first-order chi connectivity index (χ1) is 14.9. The molecule has 1 aliphatic heterocycles. The second-order valence-electron chi connectivity index (χ2n) is 10.8. The summed E-state index contributed by atoms with van der Waals surface area (Å²) in [7, 11) is 0. The Bertz CT molecular complexity index is 797. The Morgan fingerprint density at radius 3 is 2.66 bits per heavy atom. The highest BCUT2D eigenvalue weighted by Crippen LogP contribution is 2.61. The molecular formula is C24H36I2N2O4. The minimum atomic E-state index is -0.770. The van der Waals surface area contributed by atoms with E-state index in [1.807, 2.05) is 0 Å². The summed E-state index contributed by atoms with van der Waals surface area (Å²) in [6, 6.07) is -0.492. The van der Waals surface area contributed by atoms with E-state index in [1.165, 1.54) is 6.42 Å². The van der Waals surface area contributed by atoms with Crippen LogP contribution in [0.4, 0.5) is 0 Å². The van der Waals surface area contributed by atoms with E-state index >= 15 is 0 Å². The van der Waals surface area contributed by atoms with Crippen molar-refractivity contribution in [1.82, 2.24) is 10.4 Å². The number of fused-ring (bicyclic) bond motifs is 2. The minimum Gasteiger partial charge on any atom is -0.394 e. The van der Waals surface area contributed by atoms with Crippen molar-refractivity contribution >= 4 is 51.1 Å². The maximum absolute atomic E-state index is 13.6. The maximum Gasteiger partial charge on any atom is 0.240 e. The number of alkyl halides is 2. The van der Waals surface area contributed by atoms with Crippen LogP contribution in [0.1, 0.15) is 47.0 Å². The lowest BCUT2D eigenvalue weighted by atomic mass is 9.45. The van der Waals surface area contributed by atoms with Crippen LogP contribution in [-0.2, 0) is 9.63 Å². The van der Waals surface area contributed by atoms with Gasteiger partial charge in [-0.1, -0.05) is 84.2 Å². The van der Waals surface area contributed by atoms with Gasteiger partial charge in [-0.05, 0) is 54.9 Å². The second-order valence-corrected chi connectivity index (χ2v) is 16.7. The van der Waals surface area contributed by atoms with Crippen LogP contribution < -0.4 is 5.32 Å². The smallest absolute Gasteiger partial charge is 0.240 e. The standard InChI is InChI=1S/C24H36I2N2O4/c1-13-17-8-16(23(17,3)4)9-18(13)27-22(31)21-20(14(2)30)19(12-29)32-28(21)11-15-6-5-7-24(25,26)10-15/h5-6,10,13-14,16-21,29-30H,7-9,11-12H2,1-4H3,(H,27,31)/t13?,14?,16-,17+,18+,19?,20?,21+/m1/s1. The monoisotopic (exact) mass is 670 g/mol. The number of rotatable bonds is 6. The predicted molar refractivity (Wildman–Crippen MR) is 141 cm³/mol. The van der Waals surface area contributed by atoms with Crippen molar-refractivity contribution in [3.05, 3.63) is 23.8 Å². The molecule has 4 unspecified atom stereocenters. The highest BCUT2D eigenvalue weighted by Gasteiger charge is 2.57. The summed E-state index contributed by atoms with van der Waals surface area (Å²) in [5.74, 6) is 1.13. The Morgan fingerprint density at radius 1 is 1.38 bits per heavy atom. The summed E-state index contributed by atoms with van der Waals surface area (Å²) in [5, 5.41) is 25.5. The van der Waals surface area contributed by atoms with Gasteiger partial charge in [0.15, 0.2) is 0 Å². The molecule has 0 aromatic heterocycles. The van der Waals surface area contributed by atoms with Crippen LogP contribution in [0.25, 0.3) is 0 Å². The van der Waals surface area contributed by atoms with E-state index < -0.39 is 24.2 Å². The Balaban J connectivity index is 1.53. The number of nitrogens with zero attached hydrogens (tertiary/aromatic N) is 1. The molecule has 5 rings (SSSR count). The number of hydrogen-bond donors (Lipinski definition) is 3. The van der Waals surface area contributed by atoms with Crippen molar-refractivity contribution in [2.24, 2.45) is 29.1 Å². The molecule has 180 valence electrons. The first-order valence-corrected chi connectivity index (χ1v) is 13.9. The molecule has 4 fully saturated rings. The molecule has 32 heavy (non-hydrogen) atoms. The summed E-state index contributed by atoms with van der Waals surface area (Å²) in [6.07, 6.45) is 8.28. The van der Waals surface area contributed by atoms with Crippen molar-refractivity contribution in [3.8, 4) is 0 Å². The van der Waals surface area contributed by atoms with Gasteiger partial charge in [-0.2, -0.15) is 5.06 Å². The molecule has 1 saturated heterocycles. The Labute approximate surface area is 218 Å². The minimum absolute atomic E-state index is 0.00247. The lowest BCUT2D eigenvalue weighted by molar-refractivity contribution is -0.173. The fourth-order valence-corrected chi connectivity index (χ4v) is 7.82. The van der Waals surface area contributed by atoms with Crippen LogP contribution >= 0.6 is 45.2 Å². The normalized spacial score (nSPS) is 41.0. The SMILES string of the molecule is CC(O)C1C(CO)ON(CC2=CC(I)(I)CC=C2)[C@@H]1C(=O)N[C@H]1C[C@H]2C[C@@H](C1C)C2(C)C. The molecule has 6 nitrogen and oxygen atoms in total. The van der Waals surface area contributed by atoms with Gasteiger partial charge in [0, 0.05) is 18.5 Å². The average molecular weight is 670 g/mol. The van der Waals surface area contributed by atoms with Gasteiger partial charge in [0.1, 0.15) is 12.1 Å². The molecule has 0 aromatic carbocycles. The molecule has 2 bridgehead atoms. The van der Waals surface area contributed by atoms with Gasteiger partial charge in [-0.3, -0.25) is 9.63 Å². The highest BCUT2D eigenvalue weighted by atomic mass is 127. The molecule has 0 aromatic rings. The highest BCUT2D eigenvalue weighted by molar-refractivity contribution is 14.2. The number of halogens is 2. The number of allylic oxidation sites excluding steroid dienone is 2. The van der Waals surface area contributed by atoms with E-state index in [2.05, 4.69) is 89.5 Å². The van der Waals surface area contributed by atoms with E-state index in [-0.39, 0.29) is 20.0 Å². The Kier molecular flexibility index (Phi) is 7.42. The number of hydrogen-bond acceptors (Lipinski definition) is 5. The molecule has 1 heterocycles. The molecule has 5 aliphatic rings. The fourth-order valence-electron chi connectivity index (χ4n) is 6.51. The molecule has 0 spiro atoms. The van der Waals surface area contributed by atoms with Crippen LogP contribution in [-0.4, -0.2) is 60.1 Å². The topological polar surface area (TPSA) is 82.0 Å². The number of aliphatic hydroxyl groups is 2. The second kappa shape index (κ2) is 9.37. The lowest BCUT2D eigenvalue weighted by Gasteiger charge is -2.62. The maximum atomic E-state index is 13.6. The quantitative estimate of drug-likeness (QED) is 0.298. The Hall–Kier alpha value is 0.250. The molecule has 4 aliphatic carbocycles. The number of carbonyl (C=O) groups excluding carboxylic acids is 1. The number of aliphatic hydroxyl groups excluding tert-OH is 2. The van der Waals surface area contributed by atoms with E-state index in [0.717, 1.165) is 18.4 Å². The zero-order valence-electron chi connectivity index (χ0n) is 19.3. The zero-order valence-corrected chi connectivity index (χ0v) is 23.6. The number of hydroxylamine groups is 2. The van der Waals surface area contributed by atoms with Gasteiger partial charge in [-0.15, -0.1) is 0 Å². The zero-order chi connectivity index (χ0) is 23.4. The van der Waals surface area contributed by atoms with Gasteiger partial charge in [-0.25, -0.2) is 0 Å². The molecule has 0 radical (unpaired) electrons. The van der Waals surface area contributed by atoms with Crippen LogP contribution in [0.5, 0.6) is 0 Å². The van der Waals surface area contributed by atoms with Crippen molar-refractivity contribution < 1.29 is 19.8 Å². The molecule has 3 N–H and O–H groups in total. The van der Waals surface area contributed by atoms with Gasteiger partial charge < -0.3 is 15.5 Å². The number of carbonyl (C=O) groups is 1. The number of amides is 1. The van der Waals surface area contributed by atoms with Crippen molar-refractivity contribution in [1.29, 1.82) is 0 Å². The van der Waals surface area contributed by atoms with Crippen molar-refractivity contribution in [3.63, 3.8) is 0 Å². The van der Waals surface area contributed by atoms with Crippen LogP contribution in [0.2, 0.25) is 0 Å². The lowest BCUT2D eigenvalue weighted by Crippen LogP contribution is -2.62. The third kappa shape index (κ3) is 4.69. The average Bonchev–Trinajstić information content (AvgIpc) is 3.06. The third-order valence-electron chi connectivity index (χ3n) is 8.52. The summed E-state index contributed by atoms with van der Waals surface area (Å²) in [4.78, 5) is 19.7. The molecule has 1 amide bonds. The van der Waals surface area contributed by atoms with E-state index in [9.17, 15) is 15.0 Å². The molecule has 3 saturated carbocycles. The largest absolute Gasteiger partial charge is 0.394 e.